The number of carboxylic acid groups (broad SMARTS) is 1. The third kappa shape index (κ3) is 14.2. The van der Waals surface area contributed by atoms with Gasteiger partial charge in [0.25, 0.3) is 0 Å². The summed E-state index contributed by atoms with van der Waals surface area (Å²) in [7, 11) is 1.51. The fraction of sp³-hybridized carbons (Fsp3) is 0.433. The summed E-state index contributed by atoms with van der Waals surface area (Å²) in [6.45, 7) is 5.74. The van der Waals surface area contributed by atoms with E-state index >= 15 is 19.2 Å². The molecule has 33 heteroatoms. The highest BCUT2D eigenvalue weighted by Crippen LogP contribution is 2.51. The average Bonchev–Trinajstić information content (AvgIpc) is 0.857. The molecule has 534 valence electrons. The predicted octanol–water partition coefficient (Wildman–Crippen LogP) is 1.96. The van der Waals surface area contributed by atoms with E-state index in [1.165, 1.54) is 39.1 Å². The molecule has 18 atom stereocenters. The molecule has 0 radical (unpaired) electrons. The average molecular weight is 1430 g/mol. The second kappa shape index (κ2) is 28.7. The van der Waals surface area contributed by atoms with Crippen LogP contribution in [0.3, 0.4) is 0 Å². The van der Waals surface area contributed by atoms with Crippen molar-refractivity contribution in [3.8, 4) is 57.1 Å². The third-order valence-corrected chi connectivity index (χ3v) is 19.1. The highest BCUT2D eigenvalue weighted by molar-refractivity contribution is 6.32. The lowest BCUT2D eigenvalue weighted by Crippen LogP contribution is -2.64. The second-order valence-electron chi connectivity index (χ2n) is 26.1. The normalized spacial score (nSPS) is 30.3. The molecule has 3 saturated heterocycles. The second-order valence-corrected chi connectivity index (χ2v) is 26.9. The largest absolute Gasteiger partial charge is 0.508 e. The number of carbonyl (C=O) groups is 8. The molecule has 8 aliphatic heterocycles. The number of carboxylic acids is 1. The van der Waals surface area contributed by atoms with Crippen molar-refractivity contribution in [3.05, 3.63) is 117 Å². The Morgan fingerprint density at radius 3 is 2.00 bits per heavy atom. The molecule has 5 aromatic rings. The Morgan fingerprint density at radius 1 is 0.760 bits per heavy atom. The minimum atomic E-state index is -2.40. The van der Waals surface area contributed by atoms with Crippen molar-refractivity contribution in [2.45, 2.75) is 157 Å². The lowest BCUT2D eigenvalue weighted by molar-refractivity contribution is -0.333. The number of nitrogens with one attached hydrogen (secondary N) is 5. The number of hydrogen-bond donors (Lipinski definition) is 16. The Morgan fingerprint density at radius 2 is 1.40 bits per heavy atom. The summed E-state index contributed by atoms with van der Waals surface area (Å²) in [5.41, 5.74) is 2.39. The van der Waals surface area contributed by atoms with Crippen LogP contribution in [-0.4, -0.2) is 190 Å². The number of benzene rings is 5. The number of fused-ring (bicyclic) bond motifs is 12. The van der Waals surface area contributed by atoms with Crippen molar-refractivity contribution in [3.63, 3.8) is 0 Å². The Bertz CT molecular complexity index is 4110. The molecule has 0 saturated carbocycles. The number of carbonyl (C=O) groups excluding carboxylic acids is 7. The van der Waals surface area contributed by atoms with Crippen LogP contribution in [0.2, 0.25) is 10.0 Å². The Hall–Kier alpha value is -8.80. The van der Waals surface area contributed by atoms with Gasteiger partial charge in [-0.1, -0.05) is 55.2 Å². The van der Waals surface area contributed by atoms with Crippen LogP contribution in [0.1, 0.15) is 112 Å². The number of nitrogens with zero attached hydrogens (tertiary/aromatic N) is 1. The van der Waals surface area contributed by atoms with Crippen LogP contribution in [0.15, 0.2) is 78.9 Å². The van der Waals surface area contributed by atoms with Gasteiger partial charge in [0.2, 0.25) is 47.5 Å². The summed E-state index contributed by atoms with van der Waals surface area (Å²) < 4.78 is 38.4. The van der Waals surface area contributed by atoms with Crippen molar-refractivity contribution < 1.29 is 118 Å². The number of aliphatic hydroxyl groups is 6. The van der Waals surface area contributed by atoms with Crippen molar-refractivity contribution in [1.82, 2.24) is 31.5 Å². The van der Waals surface area contributed by atoms with Crippen LogP contribution in [0.25, 0.3) is 11.1 Å². The SMILES string of the molecule is CN[C@H](CC(C)C)C(=O)N[C@H]1C(=O)C[C@H]2CC(=O)N(C2=O)[C@H]2C(=O)N[C@H]3C(=O)N[C@H](C(=O)N[C@H](C(=O)O)c4cc(O)cc(O)c4-c4cc3ccc4O)[C@H](O)c3ccc(c(Cl)c3)Oc3cc2cc(c3O[C@@H]2O[C@H](CO)[C@@H](O)[C@H](O)[C@H]2O[C@H]2C[C@](C)(N)[C@H](O)[C@H](C)O2)Oc2ccc(cc2Cl)[C@H]1O. The maximum atomic E-state index is 16.2. The van der Waals surface area contributed by atoms with Crippen molar-refractivity contribution >= 4 is 70.4 Å². The van der Waals surface area contributed by atoms with E-state index in [0.29, 0.717) is 4.90 Å². The maximum absolute atomic E-state index is 16.2. The molecule has 8 heterocycles. The van der Waals surface area contributed by atoms with E-state index in [9.17, 15) is 70.2 Å². The number of nitrogens with two attached hydrogens (primary N) is 1. The van der Waals surface area contributed by atoms with E-state index in [1.54, 1.807) is 0 Å². The van der Waals surface area contributed by atoms with Gasteiger partial charge in [-0.2, -0.15) is 0 Å². The smallest absolute Gasteiger partial charge is 0.330 e. The number of aliphatic hydroxyl groups excluding tert-OH is 6. The van der Waals surface area contributed by atoms with E-state index in [4.69, 9.17) is 57.4 Å². The molecule has 0 aliphatic carbocycles. The minimum absolute atomic E-state index is 0.0593. The number of aromatic hydroxyl groups is 3. The Kier molecular flexibility index (Phi) is 20.8. The molecule has 0 aromatic heterocycles. The molecule has 5 aromatic carbocycles. The first-order valence-electron chi connectivity index (χ1n) is 31.7. The van der Waals surface area contributed by atoms with Gasteiger partial charge in [0.05, 0.1) is 40.8 Å². The van der Waals surface area contributed by atoms with Crippen molar-refractivity contribution in [1.29, 1.82) is 0 Å². The van der Waals surface area contributed by atoms with Crippen LogP contribution in [-0.2, 0) is 52.6 Å². The van der Waals surface area contributed by atoms with E-state index in [1.807, 2.05) is 13.8 Å². The summed E-state index contributed by atoms with van der Waals surface area (Å²) >= 11 is 14.1. The number of ketones is 1. The van der Waals surface area contributed by atoms with Crippen LogP contribution < -0.4 is 46.5 Å². The molecular weight excluding hydrogens is 1360 g/mol. The third-order valence-electron chi connectivity index (χ3n) is 18.5. The van der Waals surface area contributed by atoms with Gasteiger partial charge < -0.3 is 112 Å². The molecule has 17 N–H and O–H groups in total. The first-order chi connectivity index (χ1) is 47.3. The topological polar surface area (TPSA) is 484 Å². The minimum Gasteiger partial charge on any atom is -0.508 e. The molecule has 6 amide bonds. The van der Waals surface area contributed by atoms with Crippen LogP contribution >= 0.6 is 23.2 Å². The van der Waals surface area contributed by atoms with Crippen LogP contribution in [0.5, 0.6) is 46.0 Å². The molecule has 100 heavy (non-hydrogen) atoms. The summed E-state index contributed by atoms with van der Waals surface area (Å²) in [5, 5.41) is 126. The number of likely N-dealkylation sites (N-methyl/N-ethyl adjacent to an activating group) is 1. The number of hydrogen-bond acceptors (Lipinski definition) is 25. The molecule has 3 fully saturated rings. The molecule has 13 rings (SSSR count). The van der Waals surface area contributed by atoms with Crippen LogP contribution in [0, 0.1) is 11.8 Å². The number of imide groups is 1. The highest BCUT2D eigenvalue weighted by Gasteiger charge is 2.53. The van der Waals surface area contributed by atoms with Crippen molar-refractivity contribution in [2.75, 3.05) is 13.7 Å². The van der Waals surface area contributed by atoms with Gasteiger partial charge >= 0.3 is 5.97 Å². The number of Topliss-reactive ketones (excluding diaryl/α,β-unsaturated/α-hetero) is 1. The Balaban J connectivity index is 1.17. The lowest BCUT2D eigenvalue weighted by atomic mass is 9.86. The first kappa shape index (κ1) is 72.5. The molecule has 13 bridgehead atoms. The van der Waals surface area contributed by atoms with Crippen molar-refractivity contribution in [2.24, 2.45) is 17.6 Å². The van der Waals surface area contributed by atoms with E-state index in [2.05, 4.69) is 26.6 Å². The predicted molar refractivity (Wildman–Crippen MR) is 345 cm³/mol. The monoisotopic (exact) mass is 1430 g/mol. The number of phenolic OH excluding ortho intramolecular Hbond substituents is 3. The van der Waals surface area contributed by atoms with E-state index in [-0.39, 0.29) is 52.0 Å². The van der Waals surface area contributed by atoms with Gasteiger partial charge in [-0.3, -0.25) is 38.5 Å². The number of aliphatic carboxylic acids is 1. The highest BCUT2D eigenvalue weighted by atomic mass is 35.5. The summed E-state index contributed by atoms with van der Waals surface area (Å²) in [6, 6.07) is 1.91. The molecule has 0 unspecified atom stereocenters. The molecular formula is C67H73Cl2N7O24. The molecule has 0 spiro atoms. The summed E-state index contributed by atoms with van der Waals surface area (Å²) in [4.78, 5) is 120. The number of amides is 6. The fourth-order valence-corrected chi connectivity index (χ4v) is 13.7. The molecule has 31 nitrogen and oxygen atoms in total. The zero-order valence-corrected chi connectivity index (χ0v) is 55.4. The van der Waals surface area contributed by atoms with Crippen LogP contribution in [0.4, 0.5) is 0 Å². The van der Waals surface area contributed by atoms with Gasteiger partial charge in [-0.05, 0) is 110 Å². The molecule has 8 aliphatic rings. The van der Waals surface area contributed by atoms with Gasteiger partial charge in [-0.15, -0.1) is 0 Å². The summed E-state index contributed by atoms with van der Waals surface area (Å²) in [5.74, 6) is -16.8. The first-order valence-corrected chi connectivity index (χ1v) is 32.5. The van der Waals surface area contributed by atoms with Gasteiger partial charge in [0.15, 0.2) is 35.7 Å². The van der Waals surface area contributed by atoms with Gasteiger partial charge in [-0.25, -0.2) is 4.79 Å². The Labute approximate surface area is 578 Å². The van der Waals surface area contributed by atoms with E-state index < -0.39 is 238 Å². The summed E-state index contributed by atoms with van der Waals surface area (Å²) in [6.07, 6.45) is -18.9. The zero-order valence-electron chi connectivity index (χ0n) is 53.9. The standard InChI is InChI=1S/C67H73Cl2N7O24/c1-24(2)12-36(71-5)60(88)74-50-39(81)16-30-19-45(82)76(64(30)92)52-29-17-42(96-40-10-7-27(53(50)83)14-34(40)68)57(100-66-58(56(86)55(85)44(23-77)98-66)99-46-22-67(4,70)59(87)25(3)95-46)43(18-29)97-41-11-8-28(15-35(41)69)54(84)51-62(90)73-49(65(93)94)33-20-31(78)21-38(80)47(33)32-13-26(6-9-37(32)79)48(61(89)75-51)72-63(52)91/h6-11,13-15,17-18,20-21,24-25,30,36,44,46,48-56,58-59,66,71,77-80,83-87H,12,16,19,22-23,70H2,1-5H3,(H,72,91)(H,73,90)(H,74,88)(H,75,89)(H,93,94)/t25-,30-,36+,44+,46-,48+,49-,50-,51-,52+,53+,54+,55+,56-,58+,59+,66-,67-/m0/s1. The number of rotatable bonds is 11. The number of halogens is 2. The fourth-order valence-electron chi connectivity index (χ4n) is 13.2. The zero-order chi connectivity index (χ0) is 72.4. The quantitative estimate of drug-likeness (QED) is 0.0840. The van der Waals surface area contributed by atoms with Gasteiger partial charge in [0, 0.05) is 47.6 Å². The van der Waals surface area contributed by atoms with Gasteiger partial charge in [0.1, 0.15) is 83.4 Å². The lowest BCUT2D eigenvalue weighted by Gasteiger charge is -2.47. The van der Waals surface area contributed by atoms with E-state index in [0.717, 1.165) is 60.7 Å². The maximum Gasteiger partial charge on any atom is 0.330 e. The number of ether oxygens (including phenoxy) is 6. The number of phenols is 3.